The quantitative estimate of drug-likeness (QED) is 0.798. The summed E-state index contributed by atoms with van der Waals surface area (Å²) in [4.78, 5) is 0. The molecule has 2 aliphatic rings. The van der Waals surface area contributed by atoms with Crippen molar-refractivity contribution in [1.29, 1.82) is 0 Å². The molecule has 0 bridgehead atoms. The molecule has 2 unspecified atom stereocenters. The Hall–Kier alpha value is 0.270. The lowest BCUT2D eigenvalue weighted by Crippen LogP contribution is -2.50. The van der Waals surface area contributed by atoms with Crippen molar-refractivity contribution in [3.8, 4) is 0 Å². The van der Waals surface area contributed by atoms with Crippen LogP contribution in [-0.4, -0.2) is 36.3 Å². The summed E-state index contributed by atoms with van der Waals surface area (Å²) in [6.07, 6.45) is 7.69. The van der Waals surface area contributed by atoms with Gasteiger partial charge in [0, 0.05) is 12.6 Å². The first kappa shape index (κ1) is 16.6. The second-order valence-corrected chi connectivity index (χ2v) is 7.78. The van der Waals surface area contributed by atoms with E-state index in [1.54, 1.807) is 0 Å². The monoisotopic (exact) mass is 299 g/mol. The normalized spacial score (nSPS) is 27.9. The average Bonchev–Trinajstić information content (AvgIpc) is 2.48. The lowest BCUT2D eigenvalue weighted by Gasteiger charge is -2.46. The number of hydrogen-bond acceptors (Lipinski definition) is 3. The zero-order valence-corrected chi connectivity index (χ0v) is 14.4. The van der Waals surface area contributed by atoms with Gasteiger partial charge in [-0.3, -0.25) is 0 Å². The van der Waals surface area contributed by atoms with Crippen LogP contribution in [0.4, 0.5) is 0 Å². The van der Waals surface area contributed by atoms with Gasteiger partial charge in [0.15, 0.2) is 0 Å². The van der Waals surface area contributed by atoms with Gasteiger partial charge < -0.3 is 10.1 Å². The van der Waals surface area contributed by atoms with Crippen molar-refractivity contribution in [3.05, 3.63) is 0 Å². The van der Waals surface area contributed by atoms with Gasteiger partial charge in [-0.15, -0.1) is 0 Å². The van der Waals surface area contributed by atoms with Gasteiger partial charge in [-0.1, -0.05) is 33.6 Å². The van der Waals surface area contributed by atoms with Crippen molar-refractivity contribution in [2.45, 2.75) is 70.9 Å². The first-order valence-corrected chi connectivity index (χ1v) is 9.85. The summed E-state index contributed by atoms with van der Waals surface area (Å²) in [6.45, 7) is 9.04. The molecule has 2 fully saturated rings. The van der Waals surface area contributed by atoms with Gasteiger partial charge in [0.2, 0.25) is 0 Å². The molecule has 2 saturated heterocycles. The van der Waals surface area contributed by atoms with E-state index in [2.05, 4.69) is 37.8 Å². The molecule has 0 aromatic heterocycles. The highest BCUT2D eigenvalue weighted by Gasteiger charge is 2.41. The van der Waals surface area contributed by atoms with Crippen molar-refractivity contribution in [2.75, 3.05) is 24.7 Å². The number of rotatable bonds is 6. The van der Waals surface area contributed by atoms with E-state index in [1.165, 1.54) is 50.0 Å². The zero-order valence-electron chi connectivity index (χ0n) is 13.6. The standard InChI is InChI=1S/C17H33NOS/c1-4-14(5-2)16(18-6-3)15-7-10-19-17(13-15)8-11-20-12-9-17/h14-16,18H,4-13H2,1-3H3. The Morgan fingerprint density at radius 2 is 1.90 bits per heavy atom. The molecule has 0 amide bonds. The topological polar surface area (TPSA) is 21.3 Å². The molecule has 3 heteroatoms. The highest BCUT2D eigenvalue weighted by atomic mass is 32.2. The van der Waals surface area contributed by atoms with E-state index >= 15 is 0 Å². The maximum atomic E-state index is 6.27. The Bertz CT molecular complexity index is 269. The van der Waals surface area contributed by atoms with Crippen LogP contribution in [0.15, 0.2) is 0 Å². The summed E-state index contributed by atoms with van der Waals surface area (Å²) in [7, 11) is 0. The van der Waals surface area contributed by atoms with Crippen molar-refractivity contribution in [1.82, 2.24) is 5.32 Å². The Morgan fingerprint density at radius 3 is 2.50 bits per heavy atom. The van der Waals surface area contributed by atoms with Gasteiger partial charge in [0.1, 0.15) is 0 Å². The van der Waals surface area contributed by atoms with Gasteiger partial charge in [-0.25, -0.2) is 0 Å². The van der Waals surface area contributed by atoms with Crippen LogP contribution in [0.5, 0.6) is 0 Å². The number of ether oxygens (including phenoxy) is 1. The molecule has 1 spiro atoms. The minimum absolute atomic E-state index is 0.230. The van der Waals surface area contributed by atoms with Crippen LogP contribution in [-0.2, 0) is 4.74 Å². The lowest BCUT2D eigenvalue weighted by atomic mass is 9.74. The molecule has 2 heterocycles. The molecule has 20 heavy (non-hydrogen) atoms. The molecule has 2 rings (SSSR count). The molecule has 118 valence electrons. The van der Waals surface area contributed by atoms with Crippen molar-refractivity contribution >= 4 is 11.8 Å². The van der Waals surface area contributed by atoms with Crippen LogP contribution in [0.1, 0.15) is 59.3 Å². The van der Waals surface area contributed by atoms with E-state index in [9.17, 15) is 0 Å². The lowest BCUT2D eigenvalue weighted by molar-refractivity contribution is -0.110. The van der Waals surface area contributed by atoms with E-state index < -0.39 is 0 Å². The maximum absolute atomic E-state index is 6.27. The van der Waals surface area contributed by atoms with Crippen molar-refractivity contribution in [3.63, 3.8) is 0 Å². The fourth-order valence-electron chi connectivity index (χ4n) is 4.21. The SMILES string of the molecule is CCNC(C(CC)CC)C1CCOC2(CCSCC2)C1. The van der Waals surface area contributed by atoms with Crippen LogP contribution in [0.3, 0.4) is 0 Å². The molecule has 0 aromatic rings. The molecule has 2 atom stereocenters. The molecule has 1 N–H and O–H groups in total. The third-order valence-corrected chi connectivity index (χ3v) is 6.43. The van der Waals surface area contributed by atoms with Crippen LogP contribution >= 0.6 is 11.8 Å². The molecule has 0 aromatic carbocycles. The van der Waals surface area contributed by atoms with E-state index in [0.29, 0.717) is 6.04 Å². The van der Waals surface area contributed by atoms with Crippen LogP contribution < -0.4 is 5.32 Å². The summed E-state index contributed by atoms with van der Waals surface area (Å²) >= 11 is 2.10. The van der Waals surface area contributed by atoms with E-state index in [4.69, 9.17) is 4.74 Å². The Morgan fingerprint density at radius 1 is 1.20 bits per heavy atom. The van der Waals surface area contributed by atoms with Crippen LogP contribution in [0.25, 0.3) is 0 Å². The first-order valence-electron chi connectivity index (χ1n) is 8.69. The van der Waals surface area contributed by atoms with E-state index in [1.807, 2.05) is 0 Å². The molecule has 2 nitrogen and oxygen atoms in total. The summed E-state index contributed by atoms with van der Waals surface area (Å²) < 4.78 is 6.27. The maximum Gasteiger partial charge on any atom is 0.0701 e. The average molecular weight is 300 g/mol. The fourth-order valence-corrected chi connectivity index (χ4v) is 5.45. The smallest absolute Gasteiger partial charge is 0.0701 e. The second-order valence-electron chi connectivity index (χ2n) is 6.56. The van der Waals surface area contributed by atoms with Crippen LogP contribution in [0.2, 0.25) is 0 Å². The molecule has 0 aliphatic carbocycles. The Balaban J connectivity index is 2.04. The van der Waals surface area contributed by atoms with Crippen LogP contribution in [0, 0.1) is 11.8 Å². The fraction of sp³-hybridized carbons (Fsp3) is 1.00. The Labute approximate surface area is 129 Å². The predicted molar refractivity (Wildman–Crippen MR) is 89.5 cm³/mol. The van der Waals surface area contributed by atoms with Crippen molar-refractivity contribution in [2.24, 2.45) is 11.8 Å². The van der Waals surface area contributed by atoms with Gasteiger partial charge in [-0.2, -0.15) is 11.8 Å². The van der Waals surface area contributed by atoms with Crippen molar-refractivity contribution < 1.29 is 4.74 Å². The summed E-state index contributed by atoms with van der Waals surface area (Å²) in [5.74, 6) is 4.23. The third kappa shape index (κ3) is 3.92. The largest absolute Gasteiger partial charge is 0.375 e. The summed E-state index contributed by atoms with van der Waals surface area (Å²) in [6, 6.07) is 0.699. The van der Waals surface area contributed by atoms with E-state index in [0.717, 1.165) is 25.0 Å². The molecular formula is C17H33NOS. The van der Waals surface area contributed by atoms with Gasteiger partial charge >= 0.3 is 0 Å². The van der Waals surface area contributed by atoms with E-state index in [-0.39, 0.29) is 5.60 Å². The number of nitrogens with one attached hydrogen (secondary N) is 1. The molecule has 0 saturated carbocycles. The minimum atomic E-state index is 0.230. The number of thioether (sulfide) groups is 1. The van der Waals surface area contributed by atoms with Gasteiger partial charge in [0.25, 0.3) is 0 Å². The van der Waals surface area contributed by atoms with Gasteiger partial charge in [-0.05, 0) is 55.6 Å². The second kappa shape index (κ2) is 8.05. The zero-order chi connectivity index (χ0) is 14.4. The number of hydrogen-bond donors (Lipinski definition) is 1. The molecule has 0 radical (unpaired) electrons. The minimum Gasteiger partial charge on any atom is -0.375 e. The summed E-state index contributed by atoms with van der Waals surface area (Å²) in [5, 5.41) is 3.82. The summed E-state index contributed by atoms with van der Waals surface area (Å²) in [5.41, 5.74) is 0.230. The molecule has 2 aliphatic heterocycles. The van der Waals surface area contributed by atoms with Gasteiger partial charge in [0.05, 0.1) is 5.60 Å². The third-order valence-electron chi connectivity index (χ3n) is 5.44. The Kier molecular flexibility index (Phi) is 6.70. The first-order chi connectivity index (χ1) is 9.74. The highest BCUT2D eigenvalue weighted by molar-refractivity contribution is 7.99. The molecular weight excluding hydrogens is 266 g/mol. The highest BCUT2D eigenvalue weighted by Crippen LogP contribution is 2.42. The predicted octanol–water partition coefficient (Wildman–Crippen LogP) is 4.09.